The molecular weight excluding hydrogens is 246 g/mol. The minimum absolute atomic E-state index is 0.0750. The van der Waals surface area contributed by atoms with Crippen LogP contribution in [-0.2, 0) is 25.6 Å². The fourth-order valence-corrected chi connectivity index (χ4v) is 3.30. The quantitative estimate of drug-likeness (QED) is 0.835. The molecule has 1 aromatic heterocycles. The second-order valence-corrected chi connectivity index (χ2v) is 6.29. The molecule has 1 aromatic carbocycles. The first kappa shape index (κ1) is 13.4. The van der Waals surface area contributed by atoms with E-state index in [1.807, 2.05) is 17.9 Å². The predicted molar refractivity (Wildman–Crippen MR) is 81.5 cm³/mol. The van der Waals surface area contributed by atoms with Gasteiger partial charge >= 0.3 is 0 Å². The van der Waals surface area contributed by atoms with Gasteiger partial charge in [-0.15, -0.1) is 0 Å². The Labute approximate surface area is 121 Å². The van der Waals surface area contributed by atoms with E-state index in [1.54, 1.807) is 0 Å². The summed E-state index contributed by atoms with van der Waals surface area (Å²) in [6.07, 6.45) is 3.09. The maximum atomic E-state index is 4.36. The average molecular weight is 269 g/mol. The van der Waals surface area contributed by atoms with E-state index in [0.29, 0.717) is 0 Å². The van der Waals surface area contributed by atoms with Crippen LogP contribution < -0.4 is 0 Å². The molecule has 0 fully saturated rings. The van der Waals surface area contributed by atoms with Gasteiger partial charge in [-0.2, -0.15) is 5.10 Å². The van der Waals surface area contributed by atoms with Crippen LogP contribution in [0.2, 0.25) is 0 Å². The molecule has 0 bridgehead atoms. The van der Waals surface area contributed by atoms with Crippen molar-refractivity contribution in [2.75, 3.05) is 6.54 Å². The Balaban J connectivity index is 1.93. The van der Waals surface area contributed by atoms with Crippen LogP contribution in [0.25, 0.3) is 0 Å². The van der Waals surface area contributed by atoms with Gasteiger partial charge in [0.1, 0.15) is 0 Å². The van der Waals surface area contributed by atoms with Crippen LogP contribution in [0, 0.1) is 6.92 Å². The van der Waals surface area contributed by atoms with Crippen molar-refractivity contribution in [1.29, 1.82) is 0 Å². The molecule has 0 spiro atoms. The molecule has 0 aliphatic carbocycles. The third-order valence-corrected chi connectivity index (χ3v) is 4.73. The first-order valence-corrected chi connectivity index (χ1v) is 7.31. The Bertz CT molecular complexity index is 605. The highest BCUT2D eigenvalue weighted by molar-refractivity contribution is 5.35. The fourth-order valence-electron chi connectivity index (χ4n) is 3.30. The van der Waals surface area contributed by atoms with Gasteiger partial charge in [-0.1, -0.05) is 24.3 Å². The molecule has 1 aliphatic heterocycles. The van der Waals surface area contributed by atoms with E-state index >= 15 is 0 Å². The summed E-state index contributed by atoms with van der Waals surface area (Å²) in [6, 6.07) is 8.84. The summed E-state index contributed by atoms with van der Waals surface area (Å²) >= 11 is 0. The molecule has 0 radical (unpaired) electrons. The van der Waals surface area contributed by atoms with E-state index in [-0.39, 0.29) is 5.54 Å². The van der Waals surface area contributed by atoms with Crippen LogP contribution >= 0.6 is 0 Å². The molecule has 1 aliphatic rings. The van der Waals surface area contributed by atoms with Crippen molar-refractivity contribution < 1.29 is 0 Å². The molecular formula is C17H23N3. The van der Waals surface area contributed by atoms with E-state index in [0.717, 1.165) is 19.5 Å². The molecule has 0 unspecified atom stereocenters. The molecule has 0 amide bonds. The van der Waals surface area contributed by atoms with Crippen molar-refractivity contribution in [3.05, 3.63) is 52.8 Å². The summed E-state index contributed by atoms with van der Waals surface area (Å²) < 4.78 is 2.01. The zero-order chi connectivity index (χ0) is 14.3. The van der Waals surface area contributed by atoms with Crippen LogP contribution in [0.4, 0.5) is 0 Å². The standard InChI is InChI=1S/C17H23N3/c1-13-11-18-19(4)16(13)12-20-10-9-14-7-5-6-8-15(14)17(20,2)3/h5-8,11H,9-10,12H2,1-4H3. The van der Waals surface area contributed by atoms with Gasteiger partial charge in [-0.3, -0.25) is 9.58 Å². The molecule has 0 saturated heterocycles. The SMILES string of the molecule is Cc1cnn(C)c1CN1CCc2ccccc2C1(C)C. The van der Waals surface area contributed by atoms with Crippen molar-refractivity contribution in [2.45, 2.75) is 39.3 Å². The lowest BCUT2D eigenvalue weighted by molar-refractivity contribution is 0.0950. The maximum Gasteiger partial charge on any atom is 0.0550 e. The van der Waals surface area contributed by atoms with Gasteiger partial charge in [-0.05, 0) is 43.9 Å². The van der Waals surface area contributed by atoms with Crippen LogP contribution in [0.1, 0.15) is 36.2 Å². The molecule has 3 heteroatoms. The van der Waals surface area contributed by atoms with E-state index in [9.17, 15) is 0 Å². The van der Waals surface area contributed by atoms with Crippen LogP contribution in [0.5, 0.6) is 0 Å². The molecule has 0 saturated carbocycles. The van der Waals surface area contributed by atoms with Crippen molar-refractivity contribution in [3.63, 3.8) is 0 Å². The lowest BCUT2D eigenvalue weighted by atomic mass is 9.83. The predicted octanol–water partition coefficient (Wildman–Crippen LogP) is 3.02. The van der Waals surface area contributed by atoms with Gasteiger partial charge in [0.25, 0.3) is 0 Å². The third kappa shape index (κ3) is 2.06. The second-order valence-electron chi connectivity index (χ2n) is 6.29. The van der Waals surface area contributed by atoms with E-state index in [1.165, 1.54) is 22.4 Å². The van der Waals surface area contributed by atoms with Crippen LogP contribution in [0.3, 0.4) is 0 Å². The van der Waals surface area contributed by atoms with Crippen molar-refractivity contribution >= 4 is 0 Å². The topological polar surface area (TPSA) is 21.1 Å². The van der Waals surface area contributed by atoms with Crippen LogP contribution in [-0.4, -0.2) is 21.2 Å². The van der Waals surface area contributed by atoms with Crippen molar-refractivity contribution in [3.8, 4) is 0 Å². The second kappa shape index (κ2) is 4.74. The fraction of sp³-hybridized carbons (Fsp3) is 0.471. The van der Waals surface area contributed by atoms with Gasteiger partial charge in [-0.25, -0.2) is 0 Å². The van der Waals surface area contributed by atoms with Crippen molar-refractivity contribution in [2.24, 2.45) is 7.05 Å². The highest BCUT2D eigenvalue weighted by Gasteiger charge is 2.34. The zero-order valence-corrected chi connectivity index (χ0v) is 12.8. The molecule has 20 heavy (non-hydrogen) atoms. The molecule has 0 atom stereocenters. The summed E-state index contributed by atoms with van der Waals surface area (Å²) in [5.41, 5.74) is 5.63. The van der Waals surface area contributed by atoms with Gasteiger partial charge < -0.3 is 0 Å². The zero-order valence-electron chi connectivity index (χ0n) is 12.8. The van der Waals surface area contributed by atoms with Gasteiger partial charge in [0, 0.05) is 25.7 Å². The number of aromatic nitrogens is 2. The summed E-state index contributed by atoms with van der Waals surface area (Å²) in [5, 5.41) is 4.36. The largest absolute Gasteiger partial charge is 0.288 e. The Morgan fingerprint density at radius 3 is 2.70 bits per heavy atom. The molecule has 3 rings (SSSR count). The Hall–Kier alpha value is -1.61. The normalized spacial score (nSPS) is 18.0. The minimum atomic E-state index is 0.0750. The highest BCUT2D eigenvalue weighted by atomic mass is 15.3. The average Bonchev–Trinajstić information content (AvgIpc) is 2.74. The molecule has 106 valence electrons. The molecule has 2 heterocycles. The summed E-state index contributed by atoms with van der Waals surface area (Å²) in [5.74, 6) is 0. The number of aryl methyl sites for hydroxylation is 2. The number of hydrogen-bond acceptors (Lipinski definition) is 2. The summed E-state index contributed by atoms with van der Waals surface area (Å²) in [7, 11) is 2.03. The number of nitrogens with zero attached hydrogens (tertiary/aromatic N) is 3. The van der Waals surface area contributed by atoms with Gasteiger partial charge in [0.2, 0.25) is 0 Å². The Morgan fingerprint density at radius 1 is 1.25 bits per heavy atom. The summed E-state index contributed by atoms with van der Waals surface area (Å²) in [4.78, 5) is 2.57. The van der Waals surface area contributed by atoms with Crippen molar-refractivity contribution in [1.82, 2.24) is 14.7 Å². The third-order valence-electron chi connectivity index (χ3n) is 4.73. The Kier molecular flexibility index (Phi) is 3.17. The number of hydrogen-bond donors (Lipinski definition) is 0. The number of rotatable bonds is 2. The number of fused-ring (bicyclic) bond motifs is 1. The first-order valence-electron chi connectivity index (χ1n) is 7.31. The van der Waals surface area contributed by atoms with E-state index in [4.69, 9.17) is 0 Å². The lowest BCUT2D eigenvalue weighted by Gasteiger charge is -2.44. The van der Waals surface area contributed by atoms with Gasteiger partial charge in [0.05, 0.1) is 11.9 Å². The summed E-state index contributed by atoms with van der Waals surface area (Å²) in [6.45, 7) is 8.87. The van der Waals surface area contributed by atoms with Crippen LogP contribution in [0.15, 0.2) is 30.5 Å². The molecule has 0 N–H and O–H groups in total. The minimum Gasteiger partial charge on any atom is -0.288 e. The highest BCUT2D eigenvalue weighted by Crippen LogP contribution is 2.35. The van der Waals surface area contributed by atoms with Gasteiger partial charge in [0.15, 0.2) is 0 Å². The first-order chi connectivity index (χ1) is 9.50. The molecule has 2 aromatic rings. The lowest BCUT2D eigenvalue weighted by Crippen LogP contribution is -2.46. The smallest absolute Gasteiger partial charge is 0.0550 e. The number of benzene rings is 1. The Morgan fingerprint density at radius 2 is 2.00 bits per heavy atom. The molecule has 3 nitrogen and oxygen atoms in total. The van der Waals surface area contributed by atoms with E-state index < -0.39 is 0 Å². The maximum absolute atomic E-state index is 4.36. The van der Waals surface area contributed by atoms with E-state index in [2.05, 4.69) is 55.0 Å². The monoisotopic (exact) mass is 269 g/mol.